The lowest BCUT2D eigenvalue weighted by Gasteiger charge is -2.22. The third-order valence-corrected chi connectivity index (χ3v) is 3.65. The Hall–Kier alpha value is -2.89. The molecule has 9 N–H and O–H groups in total. The number of aldehydes is 1. The van der Waals surface area contributed by atoms with Crippen LogP contribution in [0.2, 0.25) is 0 Å². The highest BCUT2D eigenvalue weighted by atomic mass is 16.5. The fourth-order valence-corrected chi connectivity index (χ4v) is 1.83. The molecule has 0 saturated carbocycles. The fourth-order valence-electron chi connectivity index (χ4n) is 1.83. The molecule has 0 radical (unpaired) electrons. The zero-order chi connectivity index (χ0) is 23.1. The van der Waals surface area contributed by atoms with Crippen LogP contribution in [0.1, 0.15) is 0 Å². The van der Waals surface area contributed by atoms with E-state index >= 15 is 0 Å². The van der Waals surface area contributed by atoms with Crippen molar-refractivity contribution in [1.29, 1.82) is 0 Å². The van der Waals surface area contributed by atoms with Gasteiger partial charge in [-0.3, -0.25) is 0 Å². The van der Waals surface area contributed by atoms with E-state index in [1.54, 1.807) is 38.5 Å². The van der Waals surface area contributed by atoms with Gasteiger partial charge in [-0.05, 0) is 48.5 Å². The van der Waals surface area contributed by atoms with Crippen LogP contribution in [0.15, 0.2) is 48.5 Å². The van der Waals surface area contributed by atoms with Crippen molar-refractivity contribution in [3.05, 3.63) is 48.5 Å². The van der Waals surface area contributed by atoms with Crippen LogP contribution in [0.4, 0.5) is 11.4 Å². The van der Waals surface area contributed by atoms with Crippen LogP contribution in [0, 0.1) is 0 Å². The predicted molar refractivity (Wildman–Crippen MR) is 112 cm³/mol. The highest BCUT2D eigenvalue weighted by molar-refractivity contribution is 5.56. The molecule has 0 aliphatic heterocycles. The van der Waals surface area contributed by atoms with Crippen molar-refractivity contribution < 1.29 is 39.8 Å². The summed E-state index contributed by atoms with van der Waals surface area (Å²) in [5, 5.41) is 43.5. The minimum Gasteiger partial charge on any atom is -0.497 e. The van der Waals surface area contributed by atoms with E-state index in [2.05, 4.69) is 0 Å². The molecule has 0 bridgehead atoms. The first-order chi connectivity index (χ1) is 14.2. The number of anilines is 2. The highest BCUT2D eigenvalue weighted by Crippen LogP contribution is 2.12. The Balaban J connectivity index is 0.000000426. The molecular weight excluding hydrogens is 396 g/mol. The summed E-state index contributed by atoms with van der Waals surface area (Å²) in [6, 6.07) is 14.5. The minimum absolute atomic E-state index is 0.0258. The molecular formula is C20H30N2O8. The van der Waals surface area contributed by atoms with Crippen LogP contribution in [-0.2, 0) is 4.79 Å². The number of aliphatic hydroxyl groups is 5. The van der Waals surface area contributed by atoms with Gasteiger partial charge in [0.25, 0.3) is 0 Å². The number of benzene rings is 2. The Morgan fingerprint density at radius 2 is 1.17 bits per heavy atom. The number of nitrogens with two attached hydrogens (primary N) is 2. The number of carbonyl (C=O) groups is 1. The summed E-state index contributed by atoms with van der Waals surface area (Å²) in [5.74, 6) is 1.67. The summed E-state index contributed by atoms with van der Waals surface area (Å²) in [5.41, 5.74) is 12.4. The van der Waals surface area contributed by atoms with Crippen molar-refractivity contribution in [3.8, 4) is 11.5 Å². The summed E-state index contributed by atoms with van der Waals surface area (Å²) in [6.07, 6.45) is -6.84. The highest BCUT2D eigenvalue weighted by Gasteiger charge is 2.29. The summed E-state index contributed by atoms with van der Waals surface area (Å²) in [4.78, 5) is 9.90. The first-order valence-corrected chi connectivity index (χ1v) is 8.77. The van der Waals surface area contributed by atoms with Gasteiger partial charge in [-0.1, -0.05) is 0 Å². The third kappa shape index (κ3) is 10.6. The zero-order valence-corrected chi connectivity index (χ0v) is 16.8. The quantitative estimate of drug-likeness (QED) is 0.217. The Labute approximate surface area is 174 Å². The number of ether oxygens (including phenoxy) is 2. The van der Waals surface area contributed by atoms with E-state index in [1.165, 1.54) is 0 Å². The lowest BCUT2D eigenvalue weighted by molar-refractivity contribution is -0.136. The standard InChI is InChI=1S/2C7H9NO.C6H12O6/c2*1-9-7-4-2-6(8)3-5-7;7-1-3(9)5(11)6(12)4(10)2-8/h2*2-5H,8H2,1H3;1,3-6,8-12H,2H2/t;;3-,4+,5+,6+/m..0/s1. The lowest BCUT2D eigenvalue weighted by Crippen LogP contribution is -2.46. The normalized spacial score (nSPS) is 13.8. The van der Waals surface area contributed by atoms with E-state index in [-0.39, 0.29) is 6.29 Å². The second-order valence-corrected chi connectivity index (χ2v) is 5.90. The number of rotatable bonds is 7. The molecule has 168 valence electrons. The van der Waals surface area contributed by atoms with Crippen molar-refractivity contribution in [3.63, 3.8) is 0 Å². The van der Waals surface area contributed by atoms with Gasteiger partial charge in [-0.15, -0.1) is 0 Å². The molecule has 30 heavy (non-hydrogen) atoms. The maximum absolute atomic E-state index is 9.90. The van der Waals surface area contributed by atoms with Gasteiger partial charge in [0.05, 0.1) is 20.8 Å². The molecule has 2 rings (SSSR count). The second kappa shape index (κ2) is 15.0. The Kier molecular flexibility index (Phi) is 13.6. The number of nitrogen functional groups attached to an aromatic ring is 2. The molecule has 0 spiro atoms. The first kappa shape index (κ1) is 27.1. The minimum atomic E-state index is -1.79. The Morgan fingerprint density at radius 3 is 1.43 bits per heavy atom. The van der Waals surface area contributed by atoms with Crippen LogP contribution >= 0.6 is 0 Å². The summed E-state index contributed by atoms with van der Waals surface area (Å²) in [7, 11) is 3.26. The number of hydrogen-bond donors (Lipinski definition) is 7. The molecule has 4 atom stereocenters. The van der Waals surface area contributed by atoms with Crippen molar-refractivity contribution in [2.24, 2.45) is 0 Å². The van der Waals surface area contributed by atoms with Crippen molar-refractivity contribution in [2.75, 3.05) is 32.3 Å². The summed E-state index contributed by atoms with van der Waals surface area (Å²) >= 11 is 0. The molecule has 2 aromatic carbocycles. The fraction of sp³-hybridized carbons (Fsp3) is 0.350. The lowest BCUT2D eigenvalue weighted by atomic mass is 10.0. The van der Waals surface area contributed by atoms with Gasteiger partial charge >= 0.3 is 0 Å². The number of methoxy groups -OCH3 is 2. The van der Waals surface area contributed by atoms with Crippen molar-refractivity contribution in [2.45, 2.75) is 24.4 Å². The van der Waals surface area contributed by atoms with Crippen molar-refractivity contribution in [1.82, 2.24) is 0 Å². The van der Waals surface area contributed by atoms with E-state index in [4.69, 9.17) is 46.5 Å². The van der Waals surface area contributed by atoms with E-state index in [0.717, 1.165) is 22.9 Å². The second-order valence-electron chi connectivity index (χ2n) is 5.90. The molecule has 2 aromatic rings. The third-order valence-electron chi connectivity index (χ3n) is 3.65. The van der Waals surface area contributed by atoms with E-state index in [1.807, 2.05) is 24.3 Å². The molecule has 0 saturated heterocycles. The molecule has 0 aliphatic carbocycles. The van der Waals surface area contributed by atoms with Gasteiger partial charge in [0.15, 0.2) is 6.29 Å². The van der Waals surface area contributed by atoms with E-state index in [0.29, 0.717) is 0 Å². The molecule has 0 fully saturated rings. The first-order valence-electron chi connectivity index (χ1n) is 8.77. The van der Waals surface area contributed by atoms with Gasteiger partial charge < -0.3 is 51.3 Å². The Bertz CT molecular complexity index is 651. The maximum Gasteiger partial charge on any atom is 0.151 e. The largest absolute Gasteiger partial charge is 0.497 e. The monoisotopic (exact) mass is 426 g/mol. The van der Waals surface area contributed by atoms with Gasteiger partial charge in [0.2, 0.25) is 0 Å². The molecule has 10 heteroatoms. The number of carbonyl (C=O) groups excluding carboxylic acids is 1. The summed E-state index contributed by atoms with van der Waals surface area (Å²) < 4.78 is 9.83. The SMILES string of the molecule is COc1ccc(N)cc1.COc1ccc(N)cc1.O=C[C@H](O)[C@@H](O)[C@H](O)[C@H](O)CO. The van der Waals surface area contributed by atoms with E-state index in [9.17, 15) is 4.79 Å². The van der Waals surface area contributed by atoms with Crippen LogP contribution in [0.3, 0.4) is 0 Å². The average molecular weight is 426 g/mol. The van der Waals surface area contributed by atoms with Crippen LogP contribution in [0.25, 0.3) is 0 Å². The van der Waals surface area contributed by atoms with Gasteiger partial charge in [0.1, 0.15) is 35.9 Å². The molecule has 0 heterocycles. The van der Waals surface area contributed by atoms with E-state index < -0.39 is 31.0 Å². The van der Waals surface area contributed by atoms with Gasteiger partial charge in [-0.2, -0.15) is 0 Å². The van der Waals surface area contributed by atoms with Crippen LogP contribution in [0.5, 0.6) is 11.5 Å². The molecule has 0 aliphatic rings. The van der Waals surface area contributed by atoms with Crippen LogP contribution in [-0.4, -0.2) is 77.1 Å². The number of hydrogen-bond acceptors (Lipinski definition) is 10. The molecule has 0 unspecified atom stereocenters. The maximum atomic E-state index is 9.90. The molecule has 0 aromatic heterocycles. The Morgan fingerprint density at radius 1 is 0.800 bits per heavy atom. The topological polar surface area (TPSA) is 189 Å². The molecule has 0 amide bonds. The average Bonchev–Trinajstić information content (AvgIpc) is 2.78. The zero-order valence-electron chi connectivity index (χ0n) is 16.8. The smallest absolute Gasteiger partial charge is 0.151 e. The molecule has 10 nitrogen and oxygen atoms in total. The summed E-state index contributed by atoms with van der Waals surface area (Å²) in [6.45, 7) is -0.760. The van der Waals surface area contributed by atoms with Crippen molar-refractivity contribution >= 4 is 17.7 Å². The van der Waals surface area contributed by atoms with Gasteiger partial charge in [0, 0.05) is 11.4 Å². The predicted octanol–water partition coefficient (Wildman–Crippen LogP) is -0.824. The van der Waals surface area contributed by atoms with Gasteiger partial charge in [-0.25, -0.2) is 0 Å². The number of aliphatic hydroxyl groups excluding tert-OH is 5. The van der Waals surface area contributed by atoms with Crippen LogP contribution < -0.4 is 20.9 Å².